The maximum absolute atomic E-state index is 13.2. The maximum Gasteiger partial charge on any atom is 0.338 e. The number of amides is 1. The number of para-hydroxylation sites is 1. The lowest BCUT2D eigenvalue weighted by molar-refractivity contribution is -0.124. The first-order valence-corrected chi connectivity index (χ1v) is 12.4. The molecule has 1 aromatic heterocycles. The highest BCUT2D eigenvalue weighted by molar-refractivity contribution is 7.92. The molecule has 1 aliphatic rings. The Balaban J connectivity index is 1.38. The van der Waals surface area contributed by atoms with Gasteiger partial charge in [0.15, 0.2) is 6.61 Å². The number of benzene rings is 2. The molecule has 32 heavy (non-hydrogen) atoms. The molecule has 0 unspecified atom stereocenters. The van der Waals surface area contributed by atoms with Gasteiger partial charge in [-0.05, 0) is 60.2 Å². The molecular weight excluding hydrogens is 448 g/mol. The molecule has 0 bridgehead atoms. The number of aryl methyl sites for hydroxylation is 1. The maximum atomic E-state index is 13.2. The standard InChI is InChI=1S/C23H22N2O5S2/c26-22(24-15-19-7-4-14-31-19)16-30-23(27)18-9-11-20(12-10-18)32(28,29)25-13-3-6-17-5-1-2-8-21(17)25/h1-2,4-5,7-12,14H,3,6,13,15-16H2,(H,24,26). The number of hydrogen-bond acceptors (Lipinski definition) is 6. The fraction of sp³-hybridized carbons (Fsp3) is 0.217. The van der Waals surface area contributed by atoms with Crippen LogP contribution in [0.4, 0.5) is 5.69 Å². The second-order valence-corrected chi connectivity index (χ2v) is 10.2. The number of carbonyl (C=O) groups is 2. The molecule has 1 amide bonds. The predicted octanol–water partition coefficient (Wildman–Crippen LogP) is 3.36. The van der Waals surface area contributed by atoms with Crippen LogP contribution in [0.5, 0.6) is 0 Å². The summed E-state index contributed by atoms with van der Waals surface area (Å²) in [6.07, 6.45) is 1.59. The highest BCUT2D eigenvalue weighted by Gasteiger charge is 2.29. The smallest absolute Gasteiger partial charge is 0.338 e. The Hall–Kier alpha value is -3.17. The zero-order valence-electron chi connectivity index (χ0n) is 17.2. The molecule has 9 heteroatoms. The minimum absolute atomic E-state index is 0.0967. The Morgan fingerprint density at radius 3 is 2.56 bits per heavy atom. The molecule has 4 rings (SSSR count). The lowest BCUT2D eigenvalue weighted by atomic mass is 10.0. The van der Waals surface area contributed by atoms with Gasteiger partial charge in [-0.1, -0.05) is 24.3 Å². The normalized spacial score (nSPS) is 13.3. The summed E-state index contributed by atoms with van der Waals surface area (Å²) in [6, 6.07) is 16.8. The van der Waals surface area contributed by atoms with Crippen LogP contribution in [-0.2, 0) is 32.5 Å². The number of nitrogens with one attached hydrogen (secondary N) is 1. The number of carbonyl (C=O) groups excluding carboxylic acids is 2. The third kappa shape index (κ3) is 4.84. The number of nitrogens with zero attached hydrogens (tertiary/aromatic N) is 1. The van der Waals surface area contributed by atoms with E-state index in [-0.39, 0.29) is 10.5 Å². The van der Waals surface area contributed by atoms with Crippen molar-refractivity contribution >= 4 is 38.9 Å². The zero-order valence-corrected chi connectivity index (χ0v) is 18.8. The lowest BCUT2D eigenvalue weighted by Gasteiger charge is -2.30. The van der Waals surface area contributed by atoms with Crippen LogP contribution in [0.3, 0.4) is 0 Å². The van der Waals surface area contributed by atoms with Crippen LogP contribution in [0.1, 0.15) is 27.2 Å². The Bertz CT molecular complexity index is 1210. The van der Waals surface area contributed by atoms with E-state index in [0.29, 0.717) is 18.8 Å². The second kappa shape index (κ2) is 9.54. The Labute approximate surface area is 190 Å². The molecule has 0 saturated carbocycles. The van der Waals surface area contributed by atoms with Crippen LogP contribution in [0.2, 0.25) is 0 Å². The van der Waals surface area contributed by atoms with Gasteiger partial charge in [-0.25, -0.2) is 13.2 Å². The van der Waals surface area contributed by atoms with E-state index >= 15 is 0 Å². The van der Waals surface area contributed by atoms with E-state index in [0.717, 1.165) is 23.3 Å². The van der Waals surface area contributed by atoms with Gasteiger partial charge in [0.2, 0.25) is 0 Å². The van der Waals surface area contributed by atoms with Crippen LogP contribution >= 0.6 is 11.3 Å². The van der Waals surface area contributed by atoms with E-state index in [2.05, 4.69) is 5.32 Å². The Kier molecular flexibility index (Phi) is 6.57. The van der Waals surface area contributed by atoms with Crippen LogP contribution < -0.4 is 9.62 Å². The summed E-state index contributed by atoms with van der Waals surface area (Å²) in [5, 5.41) is 4.59. The number of esters is 1. The van der Waals surface area contributed by atoms with Crippen molar-refractivity contribution in [3.05, 3.63) is 82.0 Å². The first kappa shape index (κ1) is 22.0. The van der Waals surface area contributed by atoms with Gasteiger partial charge in [0.05, 0.1) is 22.7 Å². The van der Waals surface area contributed by atoms with Crippen molar-refractivity contribution in [1.82, 2.24) is 5.32 Å². The predicted molar refractivity (Wildman–Crippen MR) is 122 cm³/mol. The van der Waals surface area contributed by atoms with Crippen molar-refractivity contribution < 1.29 is 22.7 Å². The first-order chi connectivity index (χ1) is 15.4. The number of thiophene rings is 1. The SMILES string of the molecule is O=C(COC(=O)c1ccc(S(=O)(=O)N2CCCc3ccccc32)cc1)NCc1cccs1. The van der Waals surface area contributed by atoms with Crippen LogP contribution in [0.25, 0.3) is 0 Å². The number of hydrogen-bond donors (Lipinski definition) is 1. The molecule has 0 atom stereocenters. The molecule has 2 heterocycles. The van der Waals surface area contributed by atoms with E-state index in [1.54, 1.807) is 6.07 Å². The molecule has 0 aliphatic carbocycles. The van der Waals surface area contributed by atoms with Crippen molar-refractivity contribution in [2.24, 2.45) is 0 Å². The number of sulfonamides is 1. The monoisotopic (exact) mass is 470 g/mol. The van der Waals surface area contributed by atoms with Crippen molar-refractivity contribution in [3.8, 4) is 0 Å². The summed E-state index contributed by atoms with van der Waals surface area (Å²) in [6.45, 7) is 0.374. The minimum atomic E-state index is -3.75. The number of rotatable bonds is 7. The second-order valence-electron chi connectivity index (χ2n) is 7.27. The summed E-state index contributed by atoms with van der Waals surface area (Å²) >= 11 is 1.52. The fourth-order valence-corrected chi connectivity index (χ4v) is 5.69. The quantitative estimate of drug-likeness (QED) is 0.535. The van der Waals surface area contributed by atoms with Crippen molar-refractivity contribution in [1.29, 1.82) is 0 Å². The average molecular weight is 471 g/mol. The molecule has 0 fully saturated rings. The molecule has 0 radical (unpaired) electrons. The molecule has 3 aromatic rings. The van der Waals surface area contributed by atoms with E-state index in [4.69, 9.17) is 4.74 Å². The number of anilines is 1. The van der Waals surface area contributed by atoms with Gasteiger partial charge in [-0.3, -0.25) is 9.10 Å². The van der Waals surface area contributed by atoms with Gasteiger partial charge in [-0.15, -0.1) is 11.3 Å². The average Bonchev–Trinajstić information content (AvgIpc) is 3.34. The van der Waals surface area contributed by atoms with E-state index < -0.39 is 28.5 Å². The van der Waals surface area contributed by atoms with Crippen molar-refractivity contribution in [3.63, 3.8) is 0 Å². The van der Waals surface area contributed by atoms with E-state index in [1.165, 1.54) is 39.9 Å². The fourth-order valence-electron chi connectivity index (χ4n) is 3.50. The van der Waals surface area contributed by atoms with Crippen LogP contribution in [-0.4, -0.2) is 33.4 Å². The van der Waals surface area contributed by atoms with Gasteiger partial charge in [0.1, 0.15) is 0 Å². The lowest BCUT2D eigenvalue weighted by Crippen LogP contribution is -2.35. The Morgan fingerprint density at radius 2 is 1.81 bits per heavy atom. The molecule has 7 nitrogen and oxygen atoms in total. The third-order valence-corrected chi connectivity index (χ3v) is 7.82. The summed E-state index contributed by atoms with van der Waals surface area (Å²) in [7, 11) is -3.75. The molecule has 166 valence electrons. The first-order valence-electron chi connectivity index (χ1n) is 10.1. The topological polar surface area (TPSA) is 92.8 Å². The summed E-state index contributed by atoms with van der Waals surface area (Å²) in [5.74, 6) is -1.10. The molecule has 0 spiro atoms. The molecule has 0 saturated heterocycles. The van der Waals surface area contributed by atoms with Gasteiger partial charge >= 0.3 is 5.97 Å². The van der Waals surface area contributed by atoms with Crippen LogP contribution in [0, 0.1) is 0 Å². The Morgan fingerprint density at radius 1 is 1.03 bits per heavy atom. The largest absolute Gasteiger partial charge is 0.452 e. The highest BCUT2D eigenvalue weighted by atomic mass is 32.2. The van der Waals surface area contributed by atoms with Gasteiger partial charge < -0.3 is 10.1 Å². The van der Waals surface area contributed by atoms with Gasteiger partial charge in [0.25, 0.3) is 15.9 Å². The zero-order chi connectivity index (χ0) is 22.6. The minimum Gasteiger partial charge on any atom is -0.452 e. The molecule has 1 N–H and O–H groups in total. The van der Waals surface area contributed by atoms with Crippen molar-refractivity contribution in [2.75, 3.05) is 17.5 Å². The van der Waals surface area contributed by atoms with E-state index in [1.807, 2.05) is 35.7 Å². The number of ether oxygens (including phenoxy) is 1. The molecule has 2 aromatic carbocycles. The molecule has 1 aliphatic heterocycles. The van der Waals surface area contributed by atoms with Gasteiger partial charge in [0, 0.05) is 11.4 Å². The van der Waals surface area contributed by atoms with E-state index in [9.17, 15) is 18.0 Å². The number of fused-ring (bicyclic) bond motifs is 1. The summed E-state index contributed by atoms with van der Waals surface area (Å²) in [4.78, 5) is 25.2. The summed E-state index contributed by atoms with van der Waals surface area (Å²) in [5.41, 5.74) is 1.87. The third-order valence-electron chi connectivity index (χ3n) is 5.12. The van der Waals surface area contributed by atoms with Crippen LogP contribution in [0.15, 0.2) is 70.9 Å². The van der Waals surface area contributed by atoms with Crippen molar-refractivity contribution in [2.45, 2.75) is 24.3 Å². The molecular formula is C23H22N2O5S2. The highest BCUT2D eigenvalue weighted by Crippen LogP contribution is 2.31. The summed E-state index contributed by atoms with van der Waals surface area (Å²) < 4.78 is 32.8. The van der Waals surface area contributed by atoms with Gasteiger partial charge in [-0.2, -0.15) is 0 Å².